The molecule has 6 amide bonds. The van der Waals surface area contributed by atoms with Gasteiger partial charge in [0, 0.05) is 42.5 Å². The highest BCUT2D eigenvalue weighted by molar-refractivity contribution is 7.99. The second-order valence-corrected chi connectivity index (χ2v) is 15.5. The molecule has 0 spiro atoms. The zero-order valence-corrected chi connectivity index (χ0v) is 32.1. The lowest BCUT2D eigenvalue weighted by atomic mass is 9.97. The van der Waals surface area contributed by atoms with Crippen molar-refractivity contribution in [2.45, 2.75) is 112 Å². The van der Waals surface area contributed by atoms with Gasteiger partial charge in [-0.25, -0.2) is 4.79 Å². The molecule has 2 aliphatic heterocycles. The fourth-order valence-electron chi connectivity index (χ4n) is 6.36. The van der Waals surface area contributed by atoms with E-state index in [0.29, 0.717) is 21.5 Å². The number of carboxylic acid groups (broad SMARTS) is 1. The van der Waals surface area contributed by atoms with Crippen LogP contribution in [0.5, 0.6) is 0 Å². The van der Waals surface area contributed by atoms with Crippen LogP contribution in [-0.2, 0) is 40.0 Å². The molecule has 4 rings (SSSR count). The summed E-state index contributed by atoms with van der Waals surface area (Å²) < 4.78 is 0. The van der Waals surface area contributed by atoms with E-state index < -0.39 is 115 Å². The van der Waals surface area contributed by atoms with Crippen LogP contribution in [0, 0.1) is 0 Å². The maximum atomic E-state index is 14.3. The van der Waals surface area contributed by atoms with Gasteiger partial charge in [-0.05, 0) is 39.3 Å². The number of nitrogens with one attached hydrogen (secondary N) is 6. The number of hydrogen-bond acceptors (Lipinski definition) is 13. The standard InChI is InChI=1S/C35H50N8O12S/c1-15(36)27(47)42-26(17(3)45)31(51)40-24-13-56-32-20(19-7-5-6-8-21(19)41-32)10-22(29(49)39-23(34(53)54)11-35(4,55)14-44)38-28(48)16(2)37-30(50)25-9-18(46)12-43(25)33(24)52/h5-8,15-18,22-26,41,44-46,55H,9-14,36H2,1-4H3,(H,37,50)(H,38,48)(H,39,49)(H,40,51)(H,42,47)(H,53,54)/t15-,16-,17-,18-,22-,23-,24-,25-,26+,35+/m0/s1. The van der Waals surface area contributed by atoms with E-state index in [1.54, 1.807) is 24.3 Å². The number of aliphatic hydroxyl groups excluding tert-OH is 3. The lowest BCUT2D eigenvalue weighted by molar-refractivity contribution is -0.144. The number of aliphatic carboxylic acids is 1. The number of aromatic amines is 1. The van der Waals surface area contributed by atoms with Crippen LogP contribution in [0.2, 0.25) is 0 Å². The van der Waals surface area contributed by atoms with Crippen LogP contribution in [0.4, 0.5) is 0 Å². The number of amides is 6. The smallest absolute Gasteiger partial charge is 0.326 e. The third-order valence-electron chi connectivity index (χ3n) is 9.52. The quantitative estimate of drug-likeness (QED) is 0.104. The fourth-order valence-corrected chi connectivity index (χ4v) is 7.47. The molecular weight excluding hydrogens is 756 g/mol. The predicted molar refractivity (Wildman–Crippen MR) is 199 cm³/mol. The van der Waals surface area contributed by atoms with E-state index in [-0.39, 0.29) is 25.1 Å². The summed E-state index contributed by atoms with van der Waals surface area (Å²) in [7, 11) is 0. The monoisotopic (exact) mass is 806 g/mol. The van der Waals surface area contributed by atoms with Gasteiger partial charge >= 0.3 is 5.97 Å². The summed E-state index contributed by atoms with van der Waals surface area (Å²) in [6, 6.07) is -2.88. The summed E-state index contributed by atoms with van der Waals surface area (Å²) >= 11 is 1.03. The normalized spacial score (nSPS) is 25.4. The summed E-state index contributed by atoms with van der Waals surface area (Å²) in [5, 5.41) is 64.1. The van der Waals surface area contributed by atoms with Gasteiger partial charge in [0.15, 0.2) is 0 Å². The molecule has 21 heteroatoms. The number of nitrogens with two attached hydrogens (primary N) is 1. The second kappa shape index (κ2) is 18.4. The lowest BCUT2D eigenvalue weighted by Gasteiger charge is -2.30. The number of aliphatic hydroxyl groups is 4. The number of aromatic nitrogens is 1. The summed E-state index contributed by atoms with van der Waals surface area (Å²) in [5.41, 5.74) is 4.80. The Morgan fingerprint density at radius 3 is 2.38 bits per heavy atom. The first kappa shape index (κ1) is 43.9. The minimum Gasteiger partial charge on any atom is -0.480 e. The Bertz CT molecular complexity index is 1820. The number of benzene rings is 1. The van der Waals surface area contributed by atoms with Gasteiger partial charge in [-0.3, -0.25) is 28.8 Å². The average Bonchev–Trinajstić information content (AvgIpc) is 3.70. The molecule has 10 atom stereocenters. The molecule has 0 aliphatic carbocycles. The molecular formula is C35H50N8O12S. The molecule has 0 unspecified atom stereocenters. The molecule has 2 aromatic rings. The number of carbonyl (C=O) groups excluding carboxylic acids is 6. The number of carbonyl (C=O) groups is 7. The van der Waals surface area contributed by atoms with E-state index in [1.165, 1.54) is 27.7 Å². The molecule has 1 aromatic carbocycles. The van der Waals surface area contributed by atoms with E-state index in [9.17, 15) is 59.1 Å². The molecule has 13 N–H and O–H groups in total. The van der Waals surface area contributed by atoms with Crippen molar-refractivity contribution in [2.24, 2.45) is 5.73 Å². The maximum absolute atomic E-state index is 14.3. The first-order valence-electron chi connectivity index (χ1n) is 17.9. The van der Waals surface area contributed by atoms with Gasteiger partial charge in [-0.1, -0.05) is 18.2 Å². The van der Waals surface area contributed by atoms with Crippen molar-refractivity contribution in [2.75, 3.05) is 18.9 Å². The minimum atomic E-state index is -1.88. The van der Waals surface area contributed by atoms with Crippen LogP contribution >= 0.6 is 11.8 Å². The van der Waals surface area contributed by atoms with Crippen molar-refractivity contribution in [1.29, 1.82) is 0 Å². The molecule has 0 radical (unpaired) electrons. The van der Waals surface area contributed by atoms with Crippen LogP contribution in [0.3, 0.4) is 0 Å². The summed E-state index contributed by atoms with van der Waals surface area (Å²) in [5.74, 6) is -6.87. The van der Waals surface area contributed by atoms with Gasteiger partial charge in [-0.2, -0.15) is 0 Å². The number of para-hydroxylation sites is 1. The Morgan fingerprint density at radius 1 is 1.07 bits per heavy atom. The first-order valence-corrected chi connectivity index (χ1v) is 18.9. The summed E-state index contributed by atoms with van der Waals surface area (Å²) in [4.78, 5) is 97.8. The molecule has 3 heterocycles. The number of rotatable bonds is 11. The van der Waals surface area contributed by atoms with Crippen molar-refractivity contribution >= 4 is 64.1 Å². The predicted octanol–water partition coefficient (Wildman–Crippen LogP) is -3.83. The van der Waals surface area contributed by atoms with Gasteiger partial charge in [0.1, 0.15) is 36.3 Å². The van der Waals surface area contributed by atoms with Crippen LogP contribution in [0.15, 0.2) is 29.3 Å². The van der Waals surface area contributed by atoms with Crippen LogP contribution in [-0.4, -0.2) is 156 Å². The van der Waals surface area contributed by atoms with E-state index in [1.807, 2.05) is 0 Å². The molecule has 2 aliphatic rings. The second-order valence-electron chi connectivity index (χ2n) is 14.5. The van der Waals surface area contributed by atoms with Crippen LogP contribution in [0.25, 0.3) is 10.9 Å². The van der Waals surface area contributed by atoms with Crippen molar-refractivity contribution < 1.29 is 59.1 Å². The SMILES string of the molecule is C[C@H](N)C(=O)N[C@@H](C(=O)N[C@H]1CSc2[nH]c3ccccc3c2C[C@@H](C(=O)N[C@@H](C[C@@](C)(O)CO)C(=O)O)NC(=O)[C@H](C)NC(=O)[C@@H]2C[C@H](O)CN2C1=O)[C@H](C)O. The third kappa shape index (κ3) is 10.7. The molecule has 56 heavy (non-hydrogen) atoms. The number of thioether (sulfide) groups is 1. The van der Waals surface area contributed by atoms with Gasteiger partial charge < -0.3 is 67.7 Å². The largest absolute Gasteiger partial charge is 0.480 e. The molecule has 1 fully saturated rings. The average molecular weight is 807 g/mol. The topological polar surface area (TPSA) is 326 Å². The summed E-state index contributed by atoms with van der Waals surface area (Å²) in [6.45, 7) is 4.03. The lowest BCUT2D eigenvalue weighted by Crippen LogP contribution is -2.61. The van der Waals surface area contributed by atoms with Gasteiger partial charge in [0.2, 0.25) is 35.4 Å². The number of H-pyrrole nitrogens is 1. The van der Waals surface area contributed by atoms with Gasteiger partial charge in [0.05, 0.1) is 35.5 Å². The zero-order chi connectivity index (χ0) is 41.6. The molecule has 0 bridgehead atoms. The Morgan fingerprint density at radius 2 is 1.75 bits per heavy atom. The van der Waals surface area contributed by atoms with Crippen molar-refractivity contribution in [3.05, 3.63) is 29.8 Å². The van der Waals surface area contributed by atoms with Crippen molar-refractivity contribution in [3.63, 3.8) is 0 Å². The van der Waals surface area contributed by atoms with E-state index in [2.05, 4.69) is 31.6 Å². The Labute approximate surface area is 325 Å². The highest BCUT2D eigenvalue weighted by Crippen LogP contribution is 2.32. The molecule has 1 aromatic heterocycles. The van der Waals surface area contributed by atoms with E-state index in [4.69, 9.17) is 5.73 Å². The first-order chi connectivity index (χ1) is 26.2. The Hall–Kier alpha value is -4.80. The number of hydrogen-bond donors (Lipinski definition) is 12. The minimum absolute atomic E-state index is 0.216. The maximum Gasteiger partial charge on any atom is 0.326 e. The Balaban J connectivity index is 1.79. The van der Waals surface area contributed by atoms with E-state index in [0.717, 1.165) is 16.7 Å². The highest BCUT2D eigenvalue weighted by atomic mass is 32.2. The summed E-state index contributed by atoms with van der Waals surface area (Å²) in [6.07, 6.45) is -3.64. The van der Waals surface area contributed by atoms with Crippen molar-refractivity contribution in [3.8, 4) is 0 Å². The molecule has 20 nitrogen and oxygen atoms in total. The highest BCUT2D eigenvalue weighted by Gasteiger charge is 2.43. The van der Waals surface area contributed by atoms with Gasteiger partial charge in [-0.15, -0.1) is 11.8 Å². The number of nitrogens with zero attached hydrogens (tertiary/aromatic N) is 1. The fraction of sp³-hybridized carbons (Fsp3) is 0.571. The Kier molecular flexibility index (Phi) is 14.5. The third-order valence-corrected chi connectivity index (χ3v) is 10.7. The zero-order valence-electron chi connectivity index (χ0n) is 31.3. The van der Waals surface area contributed by atoms with E-state index >= 15 is 0 Å². The van der Waals surface area contributed by atoms with Crippen molar-refractivity contribution in [1.82, 2.24) is 36.5 Å². The molecule has 1 saturated heterocycles. The number of carboxylic acids is 1. The molecule has 0 saturated carbocycles. The number of fused-ring (bicyclic) bond motifs is 4. The van der Waals surface area contributed by atoms with Crippen LogP contribution in [0.1, 0.15) is 46.1 Å². The molecule has 308 valence electrons. The van der Waals surface area contributed by atoms with Crippen LogP contribution < -0.4 is 32.3 Å². The van der Waals surface area contributed by atoms with Gasteiger partial charge in [0.25, 0.3) is 0 Å².